The van der Waals surface area contributed by atoms with Crippen molar-refractivity contribution in [3.05, 3.63) is 59.7 Å². The molecule has 3 aromatic rings. The molecule has 96 valence electrons. The lowest BCUT2D eigenvalue weighted by Crippen LogP contribution is -1.97. The second-order valence-corrected chi connectivity index (χ2v) is 5.12. The Balaban J connectivity index is 1.82. The number of hydrogen-bond donors (Lipinski definition) is 1. The average molecular weight is 276 g/mol. The number of benzene rings is 2. The number of nitrogens with one attached hydrogen (secondary N) is 1. The molecular formula is C14H10F2N2S. The minimum Gasteiger partial charge on any atom is -0.357 e. The Morgan fingerprint density at radius 1 is 1.05 bits per heavy atom. The molecule has 0 saturated heterocycles. The Kier molecular flexibility index (Phi) is 3.13. The van der Waals surface area contributed by atoms with Gasteiger partial charge in [0.2, 0.25) is 0 Å². The monoisotopic (exact) mass is 276 g/mol. The molecular weight excluding hydrogens is 266 g/mol. The van der Waals surface area contributed by atoms with Crippen molar-refractivity contribution in [1.29, 1.82) is 0 Å². The van der Waals surface area contributed by atoms with E-state index in [0.29, 0.717) is 21.9 Å². The van der Waals surface area contributed by atoms with Gasteiger partial charge in [-0.3, -0.25) is 0 Å². The fourth-order valence-electron chi connectivity index (χ4n) is 1.77. The van der Waals surface area contributed by atoms with E-state index in [-0.39, 0.29) is 0 Å². The number of thiazole rings is 1. The molecule has 1 heterocycles. The first-order valence-electron chi connectivity index (χ1n) is 5.76. The zero-order valence-corrected chi connectivity index (χ0v) is 10.7. The molecule has 0 fully saturated rings. The van der Waals surface area contributed by atoms with Crippen LogP contribution in [0.15, 0.2) is 42.5 Å². The van der Waals surface area contributed by atoms with Crippen LogP contribution in [0.25, 0.3) is 10.2 Å². The summed E-state index contributed by atoms with van der Waals surface area (Å²) < 4.78 is 26.8. The van der Waals surface area contributed by atoms with E-state index in [9.17, 15) is 8.78 Å². The fourth-order valence-corrected chi connectivity index (χ4v) is 2.64. The van der Waals surface area contributed by atoms with Gasteiger partial charge in [-0.2, -0.15) is 0 Å². The maximum Gasteiger partial charge on any atom is 0.184 e. The van der Waals surface area contributed by atoms with E-state index in [1.54, 1.807) is 0 Å². The first kappa shape index (κ1) is 12.0. The standard InChI is InChI=1S/C14H10F2N2S/c15-10-6-12-13(7-11(10)16)19-14(18-12)17-8-9-4-2-1-3-5-9/h1-7H,8H2,(H,17,18). The van der Waals surface area contributed by atoms with Crippen molar-refractivity contribution in [2.24, 2.45) is 0 Å². The Bertz CT molecular complexity index is 671. The van der Waals surface area contributed by atoms with Gasteiger partial charge in [-0.25, -0.2) is 13.8 Å². The molecule has 3 rings (SSSR count). The highest BCUT2D eigenvalue weighted by Crippen LogP contribution is 2.28. The summed E-state index contributed by atoms with van der Waals surface area (Å²) in [6.45, 7) is 0.631. The van der Waals surface area contributed by atoms with Gasteiger partial charge in [0, 0.05) is 12.6 Å². The largest absolute Gasteiger partial charge is 0.357 e. The lowest BCUT2D eigenvalue weighted by molar-refractivity contribution is 0.511. The molecule has 1 N–H and O–H groups in total. The van der Waals surface area contributed by atoms with Crippen LogP contribution in [-0.4, -0.2) is 4.98 Å². The summed E-state index contributed by atoms with van der Waals surface area (Å²) in [6, 6.07) is 12.2. The van der Waals surface area contributed by atoms with Crippen LogP contribution in [0.2, 0.25) is 0 Å². The van der Waals surface area contributed by atoms with Gasteiger partial charge >= 0.3 is 0 Å². The number of fused-ring (bicyclic) bond motifs is 1. The molecule has 1 aromatic heterocycles. The highest BCUT2D eigenvalue weighted by atomic mass is 32.1. The number of aromatic nitrogens is 1. The van der Waals surface area contributed by atoms with Crippen molar-refractivity contribution in [2.45, 2.75) is 6.54 Å². The second kappa shape index (κ2) is 4.93. The zero-order valence-electron chi connectivity index (χ0n) is 9.86. The first-order chi connectivity index (χ1) is 9.22. The summed E-state index contributed by atoms with van der Waals surface area (Å²) in [7, 11) is 0. The van der Waals surface area contributed by atoms with E-state index in [4.69, 9.17) is 0 Å². The molecule has 0 aliphatic carbocycles. The number of rotatable bonds is 3. The maximum absolute atomic E-state index is 13.1. The van der Waals surface area contributed by atoms with Crippen LogP contribution in [0.1, 0.15) is 5.56 Å². The first-order valence-corrected chi connectivity index (χ1v) is 6.57. The third-order valence-corrected chi connectivity index (χ3v) is 3.69. The van der Waals surface area contributed by atoms with Crippen molar-refractivity contribution in [2.75, 3.05) is 5.32 Å². The SMILES string of the molecule is Fc1cc2nc(NCc3ccccc3)sc2cc1F. The van der Waals surface area contributed by atoms with Crippen LogP contribution in [-0.2, 0) is 6.54 Å². The van der Waals surface area contributed by atoms with Crippen LogP contribution >= 0.6 is 11.3 Å². The number of anilines is 1. The maximum atomic E-state index is 13.1. The molecule has 0 bridgehead atoms. The van der Waals surface area contributed by atoms with Crippen molar-refractivity contribution in [1.82, 2.24) is 4.98 Å². The van der Waals surface area contributed by atoms with Gasteiger partial charge in [0.15, 0.2) is 16.8 Å². The minimum atomic E-state index is -0.868. The average Bonchev–Trinajstić information content (AvgIpc) is 2.80. The topological polar surface area (TPSA) is 24.9 Å². The van der Waals surface area contributed by atoms with E-state index >= 15 is 0 Å². The summed E-state index contributed by atoms with van der Waals surface area (Å²) in [5, 5.41) is 3.81. The molecule has 19 heavy (non-hydrogen) atoms. The summed E-state index contributed by atoms with van der Waals surface area (Å²) in [5.74, 6) is -1.71. The predicted octanol–water partition coefficient (Wildman–Crippen LogP) is 4.19. The third kappa shape index (κ3) is 2.56. The lowest BCUT2D eigenvalue weighted by atomic mass is 10.2. The third-order valence-electron chi connectivity index (χ3n) is 2.72. The Morgan fingerprint density at radius 2 is 1.79 bits per heavy atom. The van der Waals surface area contributed by atoms with E-state index < -0.39 is 11.6 Å². The summed E-state index contributed by atoms with van der Waals surface area (Å²) in [5.41, 5.74) is 1.60. The molecule has 5 heteroatoms. The molecule has 0 spiro atoms. The Labute approximate surface area is 112 Å². The predicted molar refractivity (Wildman–Crippen MR) is 73.3 cm³/mol. The van der Waals surface area contributed by atoms with Crippen LogP contribution in [0, 0.1) is 11.6 Å². The quantitative estimate of drug-likeness (QED) is 0.776. The molecule has 0 saturated carbocycles. The van der Waals surface area contributed by atoms with E-state index in [1.165, 1.54) is 17.4 Å². The van der Waals surface area contributed by atoms with E-state index in [2.05, 4.69) is 10.3 Å². The molecule has 0 radical (unpaired) electrons. The van der Waals surface area contributed by atoms with Gasteiger partial charge in [-0.1, -0.05) is 41.7 Å². The van der Waals surface area contributed by atoms with Gasteiger partial charge in [-0.15, -0.1) is 0 Å². The molecule has 0 atom stereocenters. The molecule has 2 nitrogen and oxygen atoms in total. The van der Waals surface area contributed by atoms with Crippen LogP contribution in [0.4, 0.5) is 13.9 Å². The van der Waals surface area contributed by atoms with Crippen molar-refractivity contribution in [3.8, 4) is 0 Å². The number of nitrogens with zero attached hydrogens (tertiary/aromatic N) is 1. The van der Waals surface area contributed by atoms with E-state index in [1.807, 2.05) is 30.3 Å². The Hall–Kier alpha value is -2.01. The van der Waals surface area contributed by atoms with Gasteiger partial charge in [0.1, 0.15) is 0 Å². The highest BCUT2D eigenvalue weighted by molar-refractivity contribution is 7.22. The lowest BCUT2D eigenvalue weighted by Gasteiger charge is -2.01. The van der Waals surface area contributed by atoms with Gasteiger partial charge in [0.25, 0.3) is 0 Å². The van der Waals surface area contributed by atoms with Crippen molar-refractivity contribution < 1.29 is 8.78 Å². The highest BCUT2D eigenvalue weighted by Gasteiger charge is 2.09. The van der Waals surface area contributed by atoms with Crippen molar-refractivity contribution in [3.63, 3.8) is 0 Å². The molecule has 0 amide bonds. The molecule has 2 aromatic carbocycles. The molecule has 0 aliphatic rings. The van der Waals surface area contributed by atoms with Gasteiger partial charge < -0.3 is 5.32 Å². The van der Waals surface area contributed by atoms with Crippen LogP contribution < -0.4 is 5.32 Å². The van der Waals surface area contributed by atoms with Crippen molar-refractivity contribution >= 4 is 26.7 Å². The Morgan fingerprint density at radius 3 is 2.58 bits per heavy atom. The van der Waals surface area contributed by atoms with E-state index in [0.717, 1.165) is 11.6 Å². The fraction of sp³-hybridized carbons (Fsp3) is 0.0714. The summed E-state index contributed by atoms with van der Waals surface area (Å²) in [6.07, 6.45) is 0. The zero-order chi connectivity index (χ0) is 13.2. The number of hydrogen-bond acceptors (Lipinski definition) is 3. The van der Waals surface area contributed by atoms with Gasteiger partial charge in [0.05, 0.1) is 10.2 Å². The molecule has 0 unspecified atom stereocenters. The van der Waals surface area contributed by atoms with Crippen LogP contribution in [0.5, 0.6) is 0 Å². The summed E-state index contributed by atoms with van der Waals surface area (Å²) in [4.78, 5) is 4.23. The minimum absolute atomic E-state index is 0.472. The summed E-state index contributed by atoms with van der Waals surface area (Å²) >= 11 is 1.31. The number of halogens is 2. The van der Waals surface area contributed by atoms with Gasteiger partial charge in [-0.05, 0) is 11.6 Å². The molecule has 0 aliphatic heterocycles. The normalized spacial score (nSPS) is 10.8. The van der Waals surface area contributed by atoms with Crippen LogP contribution in [0.3, 0.4) is 0 Å². The second-order valence-electron chi connectivity index (χ2n) is 4.09. The smallest absolute Gasteiger partial charge is 0.184 e.